The minimum absolute atomic E-state index is 0.0562. The van der Waals surface area contributed by atoms with E-state index in [-0.39, 0.29) is 16.4 Å². The molecule has 1 atom stereocenters. The summed E-state index contributed by atoms with van der Waals surface area (Å²) < 4.78 is 0. The second-order valence-electron chi connectivity index (χ2n) is 4.06. The van der Waals surface area contributed by atoms with Crippen LogP contribution in [0, 0.1) is 0 Å². The van der Waals surface area contributed by atoms with Crippen molar-refractivity contribution >= 4 is 32.7 Å². The summed E-state index contributed by atoms with van der Waals surface area (Å²) in [6.45, 7) is 2.14. The van der Waals surface area contributed by atoms with Crippen molar-refractivity contribution in [1.82, 2.24) is 10.3 Å². The first kappa shape index (κ1) is 10.6. The van der Waals surface area contributed by atoms with Crippen LogP contribution in [0.3, 0.4) is 0 Å². The van der Waals surface area contributed by atoms with Crippen LogP contribution in [0.15, 0.2) is 29.2 Å². The molecule has 88 valence electrons. The third-order valence-corrected chi connectivity index (χ3v) is 4.94. The molecule has 0 spiro atoms. The van der Waals surface area contributed by atoms with Crippen molar-refractivity contribution in [2.75, 3.05) is 5.88 Å². The zero-order valence-electron chi connectivity index (χ0n) is 9.62. The van der Waals surface area contributed by atoms with Gasteiger partial charge in [-0.25, -0.2) is 0 Å². The minimum Gasteiger partial charge on any atom is -0.357 e. The standard InChI is InChI=1S/C13H14N2OS/c1-2-10-13(17-7-12(16)14-8-17)9-5-3-4-6-11(9)15-10/h3-7,15H,2,8H2,1H3,(H,14,16). The van der Waals surface area contributed by atoms with E-state index in [1.165, 1.54) is 21.5 Å². The summed E-state index contributed by atoms with van der Waals surface area (Å²) in [5.74, 6) is 0.800. The SMILES string of the molecule is CCc1[nH]c2ccccc2c1S1=CC(=O)NC1. The van der Waals surface area contributed by atoms with Gasteiger partial charge in [-0.2, -0.15) is 0 Å². The van der Waals surface area contributed by atoms with Crippen LogP contribution < -0.4 is 5.32 Å². The summed E-state index contributed by atoms with van der Waals surface area (Å²) in [5, 5.41) is 5.94. The van der Waals surface area contributed by atoms with Gasteiger partial charge < -0.3 is 10.3 Å². The van der Waals surface area contributed by atoms with Gasteiger partial charge in [0, 0.05) is 26.9 Å². The van der Waals surface area contributed by atoms with Crippen molar-refractivity contribution < 1.29 is 4.79 Å². The summed E-state index contributed by atoms with van der Waals surface area (Å²) >= 11 is 0. The zero-order chi connectivity index (χ0) is 11.8. The predicted octanol–water partition coefficient (Wildman–Crippen LogP) is 2.25. The molecule has 0 saturated carbocycles. The van der Waals surface area contributed by atoms with E-state index in [2.05, 4.69) is 29.4 Å². The van der Waals surface area contributed by atoms with Gasteiger partial charge in [0.15, 0.2) is 0 Å². The molecule has 1 aromatic carbocycles. The Kier molecular flexibility index (Phi) is 2.52. The molecule has 4 heteroatoms. The molecule has 3 rings (SSSR count). The molecule has 0 saturated heterocycles. The molecule has 0 fully saturated rings. The number of aryl methyl sites for hydroxylation is 1. The van der Waals surface area contributed by atoms with Crippen molar-refractivity contribution in [2.24, 2.45) is 0 Å². The molecule has 3 nitrogen and oxygen atoms in total. The summed E-state index contributed by atoms with van der Waals surface area (Å²) in [7, 11) is -0.0926. The molecule has 1 unspecified atom stereocenters. The lowest BCUT2D eigenvalue weighted by atomic mass is 10.2. The summed E-state index contributed by atoms with van der Waals surface area (Å²) in [4.78, 5) is 16.1. The Morgan fingerprint density at radius 1 is 1.35 bits per heavy atom. The van der Waals surface area contributed by atoms with E-state index in [9.17, 15) is 4.79 Å². The van der Waals surface area contributed by atoms with Crippen molar-refractivity contribution in [3.8, 4) is 0 Å². The largest absolute Gasteiger partial charge is 0.357 e. The van der Waals surface area contributed by atoms with Gasteiger partial charge in [-0.3, -0.25) is 4.79 Å². The van der Waals surface area contributed by atoms with Crippen LogP contribution in [-0.4, -0.2) is 22.1 Å². The summed E-state index contributed by atoms with van der Waals surface area (Å²) in [6, 6.07) is 8.30. The Labute approximate surface area is 102 Å². The first-order valence-corrected chi connectivity index (χ1v) is 7.17. The molecule has 1 aromatic heterocycles. The van der Waals surface area contributed by atoms with Gasteiger partial charge in [0.05, 0.1) is 5.88 Å². The van der Waals surface area contributed by atoms with Gasteiger partial charge in [-0.1, -0.05) is 25.1 Å². The number of nitrogens with one attached hydrogen (secondary N) is 2. The Balaban J connectivity index is 2.26. The van der Waals surface area contributed by atoms with E-state index >= 15 is 0 Å². The number of carbonyl (C=O) groups is 1. The van der Waals surface area contributed by atoms with Gasteiger partial charge in [0.25, 0.3) is 5.91 Å². The molecule has 1 aliphatic rings. The number of rotatable bonds is 2. The number of hydrogen-bond donors (Lipinski definition) is 2. The number of amides is 1. The lowest BCUT2D eigenvalue weighted by molar-refractivity contribution is -0.113. The summed E-state index contributed by atoms with van der Waals surface area (Å²) in [5.41, 5.74) is 2.42. The van der Waals surface area contributed by atoms with Crippen molar-refractivity contribution in [1.29, 1.82) is 0 Å². The van der Waals surface area contributed by atoms with E-state index in [0.29, 0.717) is 0 Å². The molecule has 2 heterocycles. The van der Waals surface area contributed by atoms with Gasteiger partial charge in [-0.15, -0.1) is 10.5 Å². The van der Waals surface area contributed by atoms with E-state index in [1.807, 2.05) is 17.5 Å². The molecular formula is C13H14N2OS. The van der Waals surface area contributed by atoms with E-state index < -0.39 is 0 Å². The predicted molar refractivity (Wildman–Crippen MR) is 72.6 cm³/mol. The fraction of sp³-hybridized carbons (Fsp3) is 0.231. The molecule has 2 N–H and O–H groups in total. The van der Waals surface area contributed by atoms with Crippen molar-refractivity contribution in [2.45, 2.75) is 18.2 Å². The number of fused-ring (bicyclic) bond motifs is 1. The second-order valence-corrected chi connectivity index (χ2v) is 5.85. The highest BCUT2D eigenvalue weighted by molar-refractivity contribution is 8.16. The lowest BCUT2D eigenvalue weighted by Gasteiger charge is -2.04. The monoisotopic (exact) mass is 246 g/mol. The minimum atomic E-state index is -0.0926. The molecule has 0 aliphatic carbocycles. The molecule has 1 aliphatic heterocycles. The fourth-order valence-corrected chi connectivity index (χ4v) is 4.17. The normalized spacial score (nSPS) is 19.4. The second kappa shape index (κ2) is 4.04. The fourth-order valence-electron chi connectivity index (χ4n) is 2.21. The highest BCUT2D eigenvalue weighted by Crippen LogP contribution is 2.37. The lowest BCUT2D eigenvalue weighted by Crippen LogP contribution is -2.16. The van der Waals surface area contributed by atoms with Crippen LogP contribution in [0.25, 0.3) is 10.9 Å². The summed E-state index contributed by atoms with van der Waals surface area (Å²) in [6.07, 6.45) is 0.968. The number of aromatic nitrogens is 1. The first-order valence-electron chi connectivity index (χ1n) is 5.71. The van der Waals surface area contributed by atoms with Gasteiger partial charge in [-0.05, 0) is 12.5 Å². The highest BCUT2D eigenvalue weighted by atomic mass is 32.2. The molecular weight excluding hydrogens is 232 g/mol. The van der Waals surface area contributed by atoms with Gasteiger partial charge >= 0.3 is 0 Å². The number of para-hydroxylation sites is 1. The Morgan fingerprint density at radius 2 is 2.18 bits per heavy atom. The first-order chi connectivity index (χ1) is 8.29. The maximum Gasteiger partial charge on any atom is 0.250 e. The number of carbonyl (C=O) groups excluding carboxylic acids is 1. The average Bonchev–Trinajstić information content (AvgIpc) is 2.91. The van der Waals surface area contributed by atoms with Crippen LogP contribution in [0.2, 0.25) is 0 Å². The third-order valence-electron chi connectivity index (χ3n) is 3.00. The molecule has 17 heavy (non-hydrogen) atoms. The quantitative estimate of drug-likeness (QED) is 0.784. The Hall–Kier alpha value is -1.55. The third kappa shape index (κ3) is 1.69. The molecule has 2 aromatic rings. The molecule has 0 radical (unpaired) electrons. The number of H-pyrrole nitrogens is 1. The van der Waals surface area contributed by atoms with Gasteiger partial charge in [0.1, 0.15) is 0 Å². The van der Waals surface area contributed by atoms with Gasteiger partial charge in [0.2, 0.25) is 0 Å². The van der Waals surface area contributed by atoms with Crippen LogP contribution in [-0.2, 0) is 11.2 Å². The van der Waals surface area contributed by atoms with E-state index in [4.69, 9.17) is 0 Å². The van der Waals surface area contributed by atoms with Crippen molar-refractivity contribution in [3.05, 3.63) is 30.0 Å². The van der Waals surface area contributed by atoms with Crippen LogP contribution >= 0.6 is 10.5 Å². The van der Waals surface area contributed by atoms with Crippen LogP contribution in [0.4, 0.5) is 0 Å². The molecule has 1 amide bonds. The molecule has 0 bridgehead atoms. The van der Waals surface area contributed by atoms with Crippen LogP contribution in [0.5, 0.6) is 0 Å². The topological polar surface area (TPSA) is 44.9 Å². The Bertz CT molecular complexity index is 627. The maximum absolute atomic E-state index is 11.3. The Morgan fingerprint density at radius 3 is 2.88 bits per heavy atom. The smallest absolute Gasteiger partial charge is 0.250 e. The van der Waals surface area contributed by atoms with Crippen molar-refractivity contribution in [3.63, 3.8) is 0 Å². The number of hydrogen-bond acceptors (Lipinski definition) is 1. The van der Waals surface area contributed by atoms with Crippen LogP contribution in [0.1, 0.15) is 12.6 Å². The average molecular weight is 246 g/mol. The highest BCUT2D eigenvalue weighted by Gasteiger charge is 2.18. The number of benzene rings is 1. The van der Waals surface area contributed by atoms with E-state index in [0.717, 1.165) is 12.3 Å². The zero-order valence-corrected chi connectivity index (χ0v) is 10.4. The maximum atomic E-state index is 11.3. The van der Waals surface area contributed by atoms with E-state index in [1.54, 1.807) is 0 Å². The number of aromatic amines is 1.